The summed E-state index contributed by atoms with van der Waals surface area (Å²) in [7, 11) is 0. The standard InChI is InChI=1S/C20H27N3O2S2/c1-2-3-6-14-7-4-9-17(14)22-18(24)11-15-13-27-20(21-15)23-19(25)12-16-8-5-10-26-16/h5,8,10,13-14,17H,2-4,6-7,9,11-12H2,1H3,(H,22,24)(H,21,23,25). The fraction of sp³-hybridized carbons (Fsp3) is 0.550. The van der Waals surface area contributed by atoms with Gasteiger partial charge in [-0.15, -0.1) is 22.7 Å². The van der Waals surface area contributed by atoms with E-state index in [0.717, 1.165) is 11.3 Å². The molecule has 146 valence electrons. The van der Waals surface area contributed by atoms with Gasteiger partial charge in [-0.3, -0.25) is 9.59 Å². The van der Waals surface area contributed by atoms with Gasteiger partial charge in [0.1, 0.15) is 0 Å². The number of amides is 2. The van der Waals surface area contributed by atoms with Crippen molar-refractivity contribution in [2.45, 2.75) is 64.3 Å². The van der Waals surface area contributed by atoms with Gasteiger partial charge in [0.15, 0.2) is 5.13 Å². The molecule has 2 atom stereocenters. The molecule has 2 N–H and O–H groups in total. The number of carbonyl (C=O) groups excluding carboxylic acids is 2. The van der Waals surface area contributed by atoms with E-state index < -0.39 is 0 Å². The van der Waals surface area contributed by atoms with Crippen molar-refractivity contribution in [2.24, 2.45) is 5.92 Å². The summed E-state index contributed by atoms with van der Waals surface area (Å²) in [6.45, 7) is 2.21. The van der Waals surface area contributed by atoms with Gasteiger partial charge in [-0.2, -0.15) is 0 Å². The first-order valence-corrected chi connectivity index (χ1v) is 11.5. The summed E-state index contributed by atoms with van der Waals surface area (Å²) in [5, 5.41) is 10.4. The molecule has 3 rings (SSSR count). The molecule has 0 spiro atoms. The Labute approximate surface area is 168 Å². The van der Waals surface area contributed by atoms with Crippen molar-refractivity contribution in [1.82, 2.24) is 10.3 Å². The van der Waals surface area contributed by atoms with E-state index in [-0.39, 0.29) is 18.2 Å². The number of anilines is 1. The van der Waals surface area contributed by atoms with Crippen LogP contribution in [0.5, 0.6) is 0 Å². The Morgan fingerprint density at radius 1 is 1.22 bits per heavy atom. The lowest BCUT2D eigenvalue weighted by Gasteiger charge is -2.20. The minimum Gasteiger partial charge on any atom is -0.353 e. The molecule has 0 radical (unpaired) electrons. The van der Waals surface area contributed by atoms with E-state index in [2.05, 4.69) is 22.5 Å². The van der Waals surface area contributed by atoms with Crippen LogP contribution in [0.1, 0.15) is 56.0 Å². The van der Waals surface area contributed by atoms with Crippen LogP contribution in [0, 0.1) is 5.92 Å². The molecule has 1 aliphatic rings. The predicted molar refractivity (Wildman–Crippen MR) is 111 cm³/mol. The van der Waals surface area contributed by atoms with E-state index in [1.54, 1.807) is 11.3 Å². The van der Waals surface area contributed by atoms with Gasteiger partial charge in [0.2, 0.25) is 11.8 Å². The van der Waals surface area contributed by atoms with E-state index in [9.17, 15) is 9.59 Å². The summed E-state index contributed by atoms with van der Waals surface area (Å²) >= 11 is 2.93. The molecular formula is C20H27N3O2S2. The van der Waals surface area contributed by atoms with Crippen LogP contribution < -0.4 is 10.6 Å². The van der Waals surface area contributed by atoms with E-state index >= 15 is 0 Å². The van der Waals surface area contributed by atoms with Crippen molar-refractivity contribution < 1.29 is 9.59 Å². The maximum Gasteiger partial charge on any atom is 0.231 e. The quantitative estimate of drug-likeness (QED) is 0.649. The Morgan fingerprint density at radius 3 is 2.89 bits per heavy atom. The largest absolute Gasteiger partial charge is 0.353 e. The average Bonchev–Trinajstić information content (AvgIpc) is 3.37. The van der Waals surface area contributed by atoms with Crippen LogP contribution in [0.3, 0.4) is 0 Å². The first-order valence-electron chi connectivity index (χ1n) is 9.70. The summed E-state index contributed by atoms with van der Waals surface area (Å²) in [4.78, 5) is 29.9. The van der Waals surface area contributed by atoms with Crippen LogP contribution in [-0.2, 0) is 22.4 Å². The molecule has 0 aromatic carbocycles. The van der Waals surface area contributed by atoms with Gasteiger partial charge >= 0.3 is 0 Å². The minimum atomic E-state index is -0.0764. The highest BCUT2D eigenvalue weighted by Crippen LogP contribution is 2.30. The number of carbonyl (C=O) groups is 2. The van der Waals surface area contributed by atoms with Crippen LogP contribution in [0.25, 0.3) is 0 Å². The Bertz CT molecular complexity index is 742. The maximum atomic E-state index is 12.4. The predicted octanol–water partition coefficient (Wildman–Crippen LogP) is 4.40. The number of thiophene rings is 1. The van der Waals surface area contributed by atoms with Crippen LogP contribution in [0.15, 0.2) is 22.9 Å². The number of unbranched alkanes of at least 4 members (excludes halogenated alkanes) is 1. The second-order valence-electron chi connectivity index (χ2n) is 7.13. The molecule has 7 heteroatoms. The Morgan fingerprint density at radius 2 is 2.11 bits per heavy atom. The number of nitrogens with one attached hydrogen (secondary N) is 2. The molecule has 0 bridgehead atoms. The van der Waals surface area contributed by atoms with Crippen molar-refractivity contribution in [2.75, 3.05) is 5.32 Å². The molecule has 5 nitrogen and oxygen atoms in total. The highest BCUT2D eigenvalue weighted by Gasteiger charge is 2.28. The van der Waals surface area contributed by atoms with Crippen LogP contribution in [0.2, 0.25) is 0 Å². The number of hydrogen-bond acceptors (Lipinski definition) is 5. The number of rotatable bonds is 9. The first kappa shape index (κ1) is 20.0. The normalized spacial score (nSPS) is 19.1. The summed E-state index contributed by atoms with van der Waals surface area (Å²) in [5.74, 6) is 0.578. The van der Waals surface area contributed by atoms with Gasteiger partial charge in [-0.05, 0) is 36.6 Å². The topological polar surface area (TPSA) is 71.1 Å². The number of hydrogen-bond donors (Lipinski definition) is 2. The Kier molecular flexibility index (Phi) is 7.41. The van der Waals surface area contributed by atoms with Crippen molar-refractivity contribution >= 4 is 39.6 Å². The van der Waals surface area contributed by atoms with Gasteiger partial charge in [0.25, 0.3) is 0 Å². The molecule has 2 aromatic rings. The molecule has 0 saturated heterocycles. The van der Waals surface area contributed by atoms with E-state index in [0.29, 0.717) is 29.2 Å². The highest BCUT2D eigenvalue weighted by molar-refractivity contribution is 7.14. The Hall–Kier alpha value is -1.73. The van der Waals surface area contributed by atoms with Gasteiger partial charge in [0.05, 0.1) is 18.5 Å². The van der Waals surface area contributed by atoms with Crippen molar-refractivity contribution in [3.63, 3.8) is 0 Å². The van der Waals surface area contributed by atoms with E-state index in [1.807, 2.05) is 22.9 Å². The van der Waals surface area contributed by atoms with Gasteiger partial charge < -0.3 is 10.6 Å². The van der Waals surface area contributed by atoms with E-state index in [4.69, 9.17) is 0 Å². The number of nitrogens with zero attached hydrogens (tertiary/aromatic N) is 1. The van der Waals surface area contributed by atoms with Crippen LogP contribution in [-0.4, -0.2) is 22.8 Å². The maximum absolute atomic E-state index is 12.4. The highest BCUT2D eigenvalue weighted by atomic mass is 32.1. The SMILES string of the molecule is CCCCC1CCCC1NC(=O)Cc1csc(NC(=O)Cc2cccs2)n1. The molecule has 2 unspecified atom stereocenters. The second kappa shape index (κ2) is 9.99. The summed E-state index contributed by atoms with van der Waals surface area (Å²) in [5.41, 5.74) is 0.715. The van der Waals surface area contributed by atoms with Gasteiger partial charge in [-0.1, -0.05) is 32.3 Å². The van der Waals surface area contributed by atoms with Crippen molar-refractivity contribution in [1.29, 1.82) is 0 Å². The Balaban J connectivity index is 1.45. The summed E-state index contributed by atoms with van der Waals surface area (Å²) in [6.07, 6.45) is 7.79. The van der Waals surface area contributed by atoms with Gasteiger partial charge in [-0.25, -0.2) is 4.98 Å². The smallest absolute Gasteiger partial charge is 0.231 e. The third kappa shape index (κ3) is 6.14. The lowest BCUT2D eigenvalue weighted by molar-refractivity contribution is -0.121. The molecule has 1 aliphatic carbocycles. The molecule has 2 amide bonds. The van der Waals surface area contributed by atoms with Crippen molar-refractivity contribution in [3.05, 3.63) is 33.5 Å². The summed E-state index contributed by atoms with van der Waals surface area (Å²) < 4.78 is 0. The lowest BCUT2D eigenvalue weighted by atomic mass is 9.96. The average molecular weight is 406 g/mol. The molecule has 0 aliphatic heterocycles. The molecule has 27 heavy (non-hydrogen) atoms. The van der Waals surface area contributed by atoms with Gasteiger partial charge in [0, 0.05) is 16.3 Å². The zero-order valence-corrected chi connectivity index (χ0v) is 17.3. The van der Waals surface area contributed by atoms with Crippen LogP contribution in [0.4, 0.5) is 5.13 Å². The third-order valence-electron chi connectivity index (χ3n) is 4.99. The second-order valence-corrected chi connectivity index (χ2v) is 9.02. The number of thiazole rings is 1. The first-order chi connectivity index (χ1) is 13.1. The van der Waals surface area contributed by atoms with Crippen LogP contribution >= 0.6 is 22.7 Å². The fourth-order valence-electron chi connectivity index (χ4n) is 3.64. The monoisotopic (exact) mass is 405 g/mol. The summed E-state index contributed by atoms with van der Waals surface area (Å²) in [6, 6.07) is 4.19. The lowest BCUT2D eigenvalue weighted by Crippen LogP contribution is -2.38. The minimum absolute atomic E-state index is 0.0326. The zero-order chi connectivity index (χ0) is 19.1. The molecule has 1 saturated carbocycles. The zero-order valence-electron chi connectivity index (χ0n) is 15.7. The third-order valence-corrected chi connectivity index (χ3v) is 6.67. The van der Waals surface area contributed by atoms with E-state index in [1.165, 1.54) is 43.4 Å². The molecule has 2 aromatic heterocycles. The number of aromatic nitrogens is 1. The molecule has 2 heterocycles. The fourth-order valence-corrected chi connectivity index (χ4v) is 5.07. The van der Waals surface area contributed by atoms with Crippen molar-refractivity contribution in [3.8, 4) is 0 Å². The molecular weight excluding hydrogens is 378 g/mol. The molecule has 1 fully saturated rings.